The van der Waals surface area contributed by atoms with Crippen molar-refractivity contribution >= 4 is 22.6 Å². The van der Waals surface area contributed by atoms with Crippen LogP contribution in [0.1, 0.15) is 19.3 Å². The second-order valence-corrected chi connectivity index (χ2v) is 6.64. The van der Waals surface area contributed by atoms with Crippen LogP contribution >= 0.6 is 0 Å². The summed E-state index contributed by atoms with van der Waals surface area (Å²) < 4.78 is 60.5. The molecule has 1 amide bonds. The molecule has 1 fully saturated rings. The standard InChI is InChI=1S/C19H23F3N2O5/c1-26-14-12-6-10-28-15(12)17(27-2)16(13(14)23-18(25)19(20,21)22)29-11-9-24-7-4-3-5-8-24/h6,10H,3-5,7-9,11H2,1-2H3,(H,23,25). The molecule has 10 heteroatoms. The number of amides is 1. The van der Waals surface area contributed by atoms with Gasteiger partial charge in [0.25, 0.3) is 0 Å². The maximum absolute atomic E-state index is 12.9. The molecule has 1 aromatic carbocycles. The number of hydrogen-bond donors (Lipinski definition) is 1. The number of furan rings is 1. The number of likely N-dealkylation sites (tertiary alicyclic amines) is 1. The molecule has 1 N–H and O–H groups in total. The molecule has 1 saturated heterocycles. The fourth-order valence-electron chi connectivity index (χ4n) is 3.41. The average Bonchev–Trinajstić information content (AvgIpc) is 3.17. The first-order chi connectivity index (χ1) is 13.9. The minimum atomic E-state index is -5.07. The van der Waals surface area contributed by atoms with E-state index >= 15 is 0 Å². The van der Waals surface area contributed by atoms with Crippen LogP contribution in [-0.4, -0.2) is 57.4 Å². The third-order valence-electron chi connectivity index (χ3n) is 4.78. The topological polar surface area (TPSA) is 73.2 Å². The molecule has 0 unspecified atom stereocenters. The van der Waals surface area contributed by atoms with Gasteiger partial charge in [0.2, 0.25) is 5.75 Å². The van der Waals surface area contributed by atoms with Gasteiger partial charge in [0, 0.05) is 6.54 Å². The van der Waals surface area contributed by atoms with Crippen LogP contribution in [0.4, 0.5) is 18.9 Å². The number of alkyl halides is 3. The number of benzene rings is 1. The molecule has 29 heavy (non-hydrogen) atoms. The number of fused-ring (bicyclic) bond motifs is 1. The van der Waals surface area contributed by atoms with Gasteiger partial charge in [-0.1, -0.05) is 6.42 Å². The summed E-state index contributed by atoms with van der Waals surface area (Å²) >= 11 is 0. The van der Waals surface area contributed by atoms with Crippen molar-refractivity contribution in [2.45, 2.75) is 25.4 Å². The lowest BCUT2D eigenvalue weighted by atomic mass is 10.1. The molecule has 2 heterocycles. The highest BCUT2D eigenvalue weighted by Gasteiger charge is 2.40. The Kier molecular flexibility index (Phi) is 6.41. The Bertz CT molecular complexity index is 860. The quantitative estimate of drug-likeness (QED) is 0.740. The number of hydrogen-bond acceptors (Lipinski definition) is 6. The van der Waals surface area contributed by atoms with Gasteiger partial charge in [0.1, 0.15) is 12.3 Å². The minimum absolute atomic E-state index is 0.000113. The molecule has 1 aliphatic heterocycles. The summed E-state index contributed by atoms with van der Waals surface area (Å²) in [5, 5.41) is 2.22. The van der Waals surface area contributed by atoms with E-state index in [1.165, 1.54) is 33.0 Å². The van der Waals surface area contributed by atoms with Gasteiger partial charge < -0.3 is 23.9 Å². The van der Waals surface area contributed by atoms with E-state index in [0.717, 1.165) is 25.9 Å². The Morgan fingerprint density at radius 1 is 1.14 bits per heavy atom. The molecule has 1 aliphatic rings. The minimum Gasteiger partial charge on any atom is -0.494 e. The molecular weight excluding hydrogens is 393 g/mol. The van der Waals surface area contributed by atoms with Crippen LogP contribution < -0.4 is 19.5 Å². The summed E-state index contributed by atoms with van der Waals surface area (Å²) in [6, 6.07) is 1.51. The van der Waals surface area contributed by atoms with E-state index in [4.69, 9.17) is 18.6 Å². The molecule has 0 radical (unpaired) electrons. The van der Waals surface area contributed by atoms with Crippen LogP contribution in [0.25, 0.3) is 11.0 Å². The fourth-order valence-corrected chi connectivity index (χ4v) is 3.41. The zero-order chi connectivity index (χ0) is 21.0. The van der Waals surface area contributed by atoms with Gasteiger partial charge >= 0.3 is 12.1 Å². The Labute approximate surface area is 165 Å². The van der Waals surface area contributed by atoms with E-state index in [0.29, 0.717) is 11.9 Å². The molecule has 160 valence electrons. The maximum atomic E-state index is 12.9. The van der Waals surface area contributed by atoms with Crippen molar-refractivity contribution in [2.75, 3.05) is 45.8 Å². The zero-order valence-corrected chi connectivity index (χ0v) is 16.2. The van der Waals surface area contributed by atoms with Gasteiger partial charge in [-0.15, -0.1) is 0 Å². The highest BCUT2D eigenvalue weighted by molar-refractivity contribution is 6.05. The van der Waals surface area contributed by atoms with E-state index in [-0.39, 0.29) is 35.1 Å². The van der Waals surface area contributed by atoms with Crippen molar-refractivity contribution in [1.82, 2.24) is 4.90 Å². The van der Waals surface area contributed by atoms with E-state index in [1.807, 2.05) is 5.32 Å². The zero-order valence-electron chi connectivity index (χ0n) is 16.2. The number of nitrogens with one attached hydrogen (secondary N) is 1. The van der Waals surface area contributed by atoms with Crippen LogP contribution in [0.5, 0.6) is 17.2 Å². The second-order valence-electron chi connectivity index (χ2n) is 6.64. The first kappa shape index (κ1) is 21.1. The highest BCUT2D eigenvalue weighted by atomic mass is 19.4. The molecule has 0 saturated carbocycles. The molecule has 0 atom stereocenters. The SMILES string of the molecule is COc1c(NC(=O)C(F)(F)F)c(OCCN2CCCCC2)c(OC)c2occc12. The lowest BCUT2D eigenvalue weighted by Gasteiger charge is -2.26. The third kappa shape index (κ3) is 4.52. The Balaban J connectivity index is 1.97. The number of halogens is 3. The predicted molar refractivity (Wildman–Crippen MR) is 99.8 cm³/mol. The number of carbonyl (C=O) groups is 1. The maximum Gasteiger partial charge on any atom is 0.471 e. The summed E-state index contributed by atoms with van der Waals surface area (Å²) in [5.74, 6) is -2.12. The summed E-state index contributed by atoms with van der Waals surface area (Å²) in [7, 11) is 2.63. The number of methoxy groups -OCH3 is 2. The van der Waals surface area contributed by atoms with Gasteiger partial charge in [0.05, 0.1) is 25.9 Å². The van der Waals surface area contributed by atoms with Gasteiger partial charge in [-0.25, -0.2) is 0 Å². The molecule has 0 aliphatic carbocycles. The molecular formula is C19H23F3N2O5. The van der Waals surface area contributed by atoms with Gasteiger partial charge in [-0.3, -0.25) is 9.69 Å². The lowest BCUT2D eigenvalue weighted by molar-refractivity contribution is -0.167. The van der Waals surface area contributed by atoms with Gasteiger partial charge in [0.15, 0.2) is 17.1 Å². The number of ether oxygens (including phenoxy) is 3. The molecule has 0 spiro atoms. The van der Waals surface area contributed by atoms with E-state index < -0.39 is 12.1 Å². The Morgan fingerprint density at radius 2 is 1.83 bits per heavy atom. The summed E-state index contributed by atoms with van der Waals surface area (Å²) in [6.45, 7) is 2.67. The predicted octanol–water partition coefficient (Wildman–Crippen LogP) is 3.82. The lowest BCUT2D eigenvalue weighted by Crippen LogP contribution is -2.33. The fraction of sp³-hybridized carbons (Fsp3) is 0.526. The Morgan fingerprint density at radius 3 is 2.45 bits per heavy atom. The summed E-state index contributed by atoms with van der Waals surface area (Å²) in [5.41, 5.74) is 0.00143. The van der Waals surface area contributed by atoms with Crippen molar-refractivity contribution in [3.8, 4) is 17.2 Å². The van der Waals surface area contributed by atoms with Crippen LogP contribution in [0.15, 0.2) is 16.7 Å². The van der Waals surface area contributed by atoms with E-state index in [1.54, 1.807) is 0 Å². The van der Waals surface area contributed by atoms with Crippen molar-refractivity contribution in [1.29, 1.82) is 0 Å². The number of anilines is 1. The number of piperidine rings is 1. The normalized spacial score (nSPS) is 15.3. The van der Waals surface area contributed by atoms with E-state index in [9.17, 15) is 18.0 Å². The third-order valence-corrected chi connectivity index (χ3v) is 4.78. The van der Waals surface area contributed by atoms with Crippen molar-refractivity contribution in [2.24, 2.45) is 0 Å². The van der Waals surface area contributed by atoms with Gasteiger partial charge in [-0.05, 0) is 32.0 Å². The summed E-state index contributed by atoms with van der Waals surface area (Å²) in [4.78, 5) is 13.8. The first-order valence-electron chi connectivity index (χ1n) is 9.25. The van der Waals surface area contributed by atoms with E-state index in [2.05, 4.69) is 4.90 Å². The van der Waals surface area contributed by atoms with Crippen LogP contribution in [0.3, 0.4) is 0 Å². The largest absolute Gasteiger partial charge is 0.494 e. The molecule has 2 aromatic rings. The second kappa shape index (κ2) is 8.81. The first-order valence-corrected chi connectivity index (χ1v) is 9.25. The monoisotopic (exact) mass is 416 g/mol. The average molecular weight is 416 g/mol. The van der Waals surface area contributed by atoms with Crippen LogP contribution in [0, 0.1) is 0 Å². The van der Waals surface area contributed by atoms with Crippen molar-refractivity contribution in [3.63, 3.8) is 0 Å². The van der Waals surface area contributed by atoms with Crippen molar-refractivity contribution < 1.29 is 36.6 Å². The molecule has 7 nitrogen and oxygen atoms in total. The molecule has 0 bridgehead atoms. The smallest absolute Gasteiger partial charge is 0.471 e. The highest BCUT2D eigenvalue weighted by Crippen LogP contribution is 2.50. The Hall–Kier alpha value is -2.62. The van der Waals surface area contributed by atoms with Crippen LogP contribution in [-0.2, 0) is 4.79 Å². The van der Waals surface area contributed by atoms with Crippen molar-refractivity contribution in [3.05, 3.63) is 12.3 Å². The number of carbonyl (C=O) groups excluding carboxylic acids is 1. The van der Waals surface area contributed by atoms with Crippen LogP contribution in [0.2, 0.25) is 0 Å². The van der Waals surface area contributed by atoms with Gasteiger partial charge in [-0.2, -0.15) is 13.2 Å². The molecule has 3 rings (SSSR count). The number of nitrogens with zero attached hydrogens (tertiary/aromatic N) is 1. The number of rotatable bonds is 7. The molecule has 1 aromatic heterocycles. The summed E-state index contributed by atoms with van der Waals surface area (Å²) in [6.07, 6.45) is -0.340.